The summed E-state index contributed by atoms with van der Waals surface area (Å²) in [6, 6.07) is 1.31. The van der Waals surface area contributed by atoms with E-state index < -0.39 is 17.2 Å². The third-order valence-electron chi connectivity index (χ3n) is 4.22. The molecule has 7 nitrogen and oxygen atoms in total. The van der Waals surface area contributed by atoms with E-state index in [9.17, 15) is 14.0 Å². The molecule has 3 heterocycles. The molecule has 0 radical (unpaired) electrons. The van der Waals surface area contributed by atoms with Gasteiger partial charge in [-0.3, -0.25) is 4.79 Å². The van der Waals surface area contributed by atoms with Gasteiger partial charge in [-0.15, -0.1) is 0 Å². The predicted molar refractivity (Wildman–Crippen MR) is 88.3 cm³/mol. The second kappa shape index (κ2) is 6.20. The molecule has 2 aromatic rings. The normalized spacial score (nSPS) is 18.1. The number of aryl methyl sites for hydroxylation is 1. The number of carbonyl (C=O) groups is 1. The molecule has 1 unspecified atom stereocenters. The standard InChI is InChI=1S/C16H19FN4O3/c1-3-20-8-11(16(23)24)13(22)10-6-12(17)15(19-14(10)20)21-5-4-18-9(2)7-21/h6,8-9,18H,3-5,7H2,1-2H3,(H,23,24). The Morgan fingerprint density at radius 3 is 2.92 bits per heavy atom. The molecule has 24 heavy (non-hydrogen) atoms. The number of hydrogen-bond donors (Lipinski definition) is 2. The summed E-state index contributed by atoms with van der Waals surface area (Å²) < 4.78 is 16.1. The number of nitrogens with zero attached hydrogens (tertiary/aromatic N) is 3. The summed E-state index contributed by atoms with van der Waals surface area (Å²) in [4.78, 5) is 29.7. The van der Waals surface area contributed by atoms with Crippen LogP contribution in [0.4, 0.5) is 10.2 Å². The molecule has 0 bridgehead atoms. The van der Waals surface area contributed by atoms with Crippen molar-refractivity contribution in [3.8, 4) is 0 Å². The number of carboxylic acids is 1. The lowest BCUT2D eigenvalue weighted by atomic mass is 10.1. The first kappa shape index (κ1) is 16.4. The highest BCUT2D eigenvalue weighted by atomic mass is 19.1. The Kier molecular flexibility index (Phi) is 4.23. The molecule has 0 aromatic carbocycles. The second-order valence-corrected chi connectivity index (χ2v) is 5.93. The summed E-state index contributed by atoms with van der Waals surface area (Å²) in [6.45, 7) is 6.19. The van der Waals surface area contributed by atoms with Crippen LogP contribution in [0.1, 0.15) is 24.2 Å². The molecule has 1 saturated heterocycles. The van der Waals surface area contributed by atoms with Crippen molar-refractivity contribution < 1.29 is 14.3 Å². The number of piperazine rings is 1. The Balaban J connectivity index is 2.22. The number of fused-ring (bicyclic) bond motifs is 1. The van der Waals surface area contributed by atoms with Crippen LogP contribution in [-0.2, 0) is 6.54 Å². The van der Waals surface area contributed by atoms with E-state index in [0.29, 0.717) is 25.3 Å². The van der Waals surface area contributed by atoms with Gasteiger partial charge in [0.05, 0.1) is 5.39 Å². The largest absolute Gasteiger partial charge is 0.477 e. The minimum absolute atomic E-state index is 0.0128. The van der Waals surface area contributed by atoms with Crippen molar-refractivity contribution in [2.45, 2.75) is 26.4 Å². The van der Waals surface area contributed by atoms with E-state index in [1.807, 2.05) is 18.7 Å². The van der Waals surface area contributed by atoms with Crippen molar-refractivity contribution in [2.24, 2.45) is 0 Å². The first-order chi connectivity index (χ1) is 11.4. The van der Waals surface area contributed by atoms with E-state index in [-0.39, 0.29) is 22.8 Å². The maximum atomic E-state index is 14.6. The van der Waals surface area contributed by atoms with Crippen LogP contribution >= 0.6 is 0 Å². The smallest absolute Gasteiger partial charge is 0.341 e. The number of halogens is 1. The zero-order valence-corrected chi connectivity index (χ0v) is 13.5. The zero-order chi connectivity index (χ0) is 17.4. The van der Waals surface area contributed by atoms with Crippen LogP contribution in [0, 0.1) is 5.82 Å². The van der Waals surface area contributed by atoms with Gasteiger partial charge in [0, 0.05) is 38.4 Å². The lowest BCUT2D eigenvalue weighted by Crippen LogP contribution is -2.49. The quantitative estimate of drug-likeness (QED) is 0.872. The van der Waals surface area contributed by atoms with Crippen LogP contribution in [0.15, 0.2) is 17.1 Å². The van der Waals surface area contributed by atoms with Crippen LogP contribution in [-0.4, -0.2) is 46.3 Å². The summed E-state index contributed by atoms with van der Waals surface area (Å²) in [5.74, 6) is -1.75. The van der Waals surface area contributed by atoms with Crippen molar-refractivity contribution in [3.63, 3.8) is 0 Å². The monoisotopic (exact) mass is 334 g/mol. The Hall–Kier alpha value is -2.48. The third kappa shape index (κ3) is 2.73. The van der Waals surface area contributed by atoms with Gasteiger partial charge in [-0.1, -0.05) is 0 Å². The van der Waals surface area contributed by atoms with Gasteiger partial charge in [-0.2, -0.15) is 0 Å². The van der Waals surface area contributed by atoms with E-state index in [0.717, 1.165) is 12.6 Å². The first-order valence-electron chi connectivity index (χ1n) is 7.87. The number of carboxylic acid groups (broad SMARTS) is 1. The maximum absolute atomic E-state index is 14.6. The van der Waals surface area contributed by atoms with Gasteiger partial charge in [0.1, 0.15) is 11.2 Å². The molecule has 3 rings (SSSR count). The number of nitrogens with one attached hydrogen (secondary N) is 1. The predicted octanol–water partition coefficient (Wildman–Crippen LogP) is 1.05. The van der Waals surface area contributed by atoms with E-state index in [1.54, 1.807) is 4.57 Å². The Labute approximate surface area is 137 Å². The van der Waals surface area contributed by atoms with Gasteiger partial charge in [-0.25, -0.2) is 14.2 Å². The molecule has 1 atom stereocenters. The van der Waals surface area contributed by atoms with E-state index in [2.05, 4.69) is 10.3 Å². The fourth-order valence-corrected chi connectivity index (χ4v) is 3.02. The molecule has 8 heteroatoms. The van der Waals surface area contributed by atoms with E-state index >= 15 is 0 Å². The average molecular weight is 334 g/mol. The summed E-state index contributed by atoms with van der Waals surface area (Å²) in [6.07, 6.45) is 1.27. The second-order valence-electron chi connectivity index (χ2n) is 5.93. The van der Waals surface area contributed by atoms with Crippen molar-refractivity contribution in [1.29, 1.82) is 0 Å². The highest BCUT2D eigenvalue weighted by Crippen LogP contribution is 2.22. The third-order valence-corrected chi connectivity index (χ3v) is 4.22. The van der Waals surface area contributed by atoms with Crippen LogP contribution in [0.25, 0.3) is 11.0 Å². The number of hydrogen-bond acceptors (Lipinski definition) is 5. The fourth-order valence-electron chi connectivity index (χ4n) is 3.02. The van der Waals surface area contributed by atoms with Crippen LogP contribution in [0.3, 0.4) is 0 Å². The number of pyridine rings is 2. The molecule has 1 fully saturated rings. The SMILES string of the molecule is CCn1cc(C(=O)O)c(=O)c2cc(F)c(N3CCNC(C)C3)nc21. The number of rotatable bonds is 3. The minimum Gasteiger partial charge on any atom is -0.477 e. The number of anilines is 1. The zero-order valence-electron chi connectivity index (χ0n) is 13.5. The van der Waals surface area contributed by atoms with E-state index in [4.69, 9.17) is 5.11 Å². The van der Waals surface area contributed by atoms with E-state index in [1.165, 1.54) is 6.20 Å². The topological polar surface area (TPSA) is 87.5 Å². The van der Waals surface area contributed by atoms with Crippen LogP contribution < -0.4 is 15.6 Å². The van der Waals surface area contributed by atoms with Crippen LogP contribution in [0.5, 0.6) is 0 Å². The number of aromatic nitrogens is 2. The maximum Gasteiger partial charge on any atom is 0.341 e. The Morgan fingerprint density at radius 1 is 1.54 bits per heavy atom. The average Bonchev–Trinajstić information content (AvgIpc) is 2.55. The van der Waals surface area contributed by atoms with Crippen molar-refractivity contribution in [2.75, 3.05) is 24.5 Å². The van der Waals surface area contributed by atoms with Crippen molar-refractivity contribution >= 4 is 22.8 Å². The molecule has 0 amide bonds. The molecule has 2 N–H and O–H groups in total. The molecule has 0 spiro atoms. The molecule has 128 valence electrons. The molecule has 1 aliphatic heterocycles. The summed E-state index contributed by atoms with van der Waals surface area (Å²) in [5, 5.41) is 12.4. The summed E-state index contributed by atoms with van der Waals surface area (Å²) in [7, 11) is 0. The van der Waals surface area contributed by atoms with Gasteiger partial charge < -0.3 is 19.9 Å². The van der Waals surface area contributed by atoms with Gasteiger partial charge in [0.15, 0.2) is 11.6 Å². The lowest BCUT2D eigenvalue weighted by molar-refractivity contribution is 0.0695. The Bertz CT molecular complexity index is 865. The lowest BCUT2D eigenvalue weighted by Gasteiger charge is -2.33. The molecule has 1 aliphatic rings. The minimum atomic E-state index is -1.33. The molecular formula is C16H19FN4O3. The summed E-state index contributed by atoms with van der Waals surface area (Å²) in [5.41, 5.74) is -0.794. The molecule has 0 aliphatic carbocycles. The highest BCUT2D eigenvalue weighted by Gasteiger charge is 2.23. The Morgan fingerprint density at radius 2 is 2.29 bits per heavy atom. The van der Waals surface area contributed by atoms with Gasteiger partial charge in [0.2, 0.25) is 5.43 Å². The number of aromatic carboxylic acids is 1. The first-order valence-corrected chi connectivity index (χ1v) is 7.87. The fraction of sp³-hybridized carbons (Fsp3) is 0.438. The van der Waals surface area contributed by atoms with Gasteiger partial charge in [-0.05, 0) is 19.9 Å². The highest BCUT2D eigenvalue weighted by molar-refractivity contribution is 5.92. The van der Waals surface area contributed by atoms with Gasteiger partial charge >= 0.3 is 5.97 Å². The van der Waals surface area contributed by atoms with Gasteiger partial charge in [0.25, 0.3) is 0 Å². The molecular weight excluding hydrogens is 315 g/mol. The van der Waals surface area contributed by atoms with Crippen molar-refractivity contribution in [1.82, 2.24) is 14.9 Å². The van der Waals surface area contributed by atoms with Crippen LogP contribution in [0.2, 0.25) is 0 Å². The summed E-state index contributed by atoms with van der Waals surface area (Å²) >= 11 is 0. The molecule has 0 saturated carbocycles. The molecule has 2 aromatic heterocycles. The van der Waals surface area contributed by atoms with Crippen molar-refractivity contribution in [3.05, 3.63) is 33.9 Å².